The van der Waals surface area contributed by atoms with Gasteiger partial charge in [0.25, 0.3) is 5.91 Å². The van der Waals surface area contributed by atoms with Gasteiger partial charge in [0.2, 0.25) is 5.78 Å². The van der Waals surface area contributed by atoms with Crippen molar-refractivity contribution in [1.82, 2.24) is 5.32 Å². The van der Waals surface area contributed by atoms with Crippen molar-refractivity contribution < 1.29 is 14.4 Å². The summed E-state index contributed by atoms with van der Waals surface area (Å²) in [4.78, 5) is 34.7. The number of rotatable bonds is 2. The molecule has 0 atom stereocenters. The van der Waals surface area contributed by atoms with Gasteiger partial charge in [-0.2, -0.15) is 0 Å². The smallest absolute Gasteiger partial charge is 0.255 e. The molecule has 19 heavy (non-hydrogen) atoms. The molecule has 0 saturated carbocycles. The maximum absolute atomic E-state index is 11.8. The molecule has 1 aromatic carbocycles. The lowest BCUT2D eigenvalue weighted by molar-refractivity contribution is -0.115. The summed E-state index contributed by atoms with van der Waals surface area (Å²) in [7, 11) is 0. The molecule has 2 rings (SSSR count). The summed E-state index contributed by atoms with van der Waals surface area (Å²) in [6.07, 6.45) is 1.97. The van der Waals surface area contributed by atoms with Crippen molar-refractivity contribution in [3.8, 4) is 0 Å². The van der Waals surface area contributed by atoms with Crippen LogP contribution in [0.15, 0.2) is 47.1 Å². The van der Waals surface area contributed by atoms with Crippen LogP contribution in [-0.2, 0) is 9.59 Å². The summed E-state index contributed by atoms with van der Waals surface area (Å²) in [6.45, 7) is 0. The van der Waals surface area contributed by atoms with E-state index in [1.807, 2.05) is 0 Å². The number of carbonyl (C=O) groups excluding carboxylic acids is 3. The van der Waals surface area contributed by atoms with E-state index < -0.39 is 17.5 Å². The molecule has 0 unspecified atom stereocenters. The predicted octanol–water partition coefficient (Wildman–Crippen LogP) is 2.23. The summed E-state index contributed by atoms with van der Waals surface area (Å²) >= 11 is 11.2. The molecule has 0 aromatic heterocycles. The van der Waals surface area contributed by atoms with Gasteiger partial charge in [0.15, 0.2) is 5.78 Å². The normalized spacial score (nSPS) is 14.8. The first-order valence-corrected chi connectivity index (χ1v) is 5.97. The van der Waals surface area contributed by atoms with Crippen molar-refractivity contribution >= 4 is 40.7 Å². The Balaban J connectivity index is 2.16. The van der Waals surface area contributed by atoms with E-state index in [1.54, 1.807) is 12.1 Å². The maximum Gasteiger partial charge on any atom is 0.255 e. The molecule has 0 heterocycles. The van der Waals surface area contributed by atoms with Gasteiger partial charge in [-0.15, -0.1) is 0 Å². The number of ketones is 2. The third kappa shape index (κ3) is 3.10. The summed E-state index contributed by atoms with van der Waals surface area (Å²) in [5.74, 6) is -1.55. The number of hydrogen-bond donors (Lipinski definition) is 1. The van der Waals surface area contributed by atoms with Crippen LogP contribution < -0.4 is 5.32 Å². The van der Waals surface area contributed by atoms with Crippen molar-refractivity contribution in [2.45, 2.75) is 0 Å². The Labute approximate surface area is 118 Å². The molecule has 0 radical (unpaired) electrons. The van der Waals surface area contributed by atoms with Crippen molar-refractivity contribution in [2.24, 2.45) is 0 Å². The highest BCUT2D eigenvalue weighted by molar-refractivity contribution is 6.47. The lowest BCUT2D eigenvalue weighted by Gasteiger charge is -2.10. The van der Waals surface area contributed by atoms with Gasteiger partial charge in [0, 0.05) is 22.7 Å². The second-order valence-electron chi connectivity index (χ2n) is 3.74. The lowest BCUT2D eigenvalue weighted by Crippen LogP contribution is -2.29. The molecule has 0 aliphatic heterocycles. The molecule has 1 aliphatic carbocycles. The molecule has 6 heteroatoms. The van der Waals surface area contributed by atoms with Crippen LogP contribution in [0.3, 0.4) is 0 Å². The first kappa shape index (κ1) is 13.5. The van der Waals surface area contributed by atoms with Gasteiger partial charge in [0.05, 0.1) is 10.7 Å². The van der Waals surface area contributed by atoms with E-state index >= 15 is 0 Å². The highest BCUT2D eigenvalue weighted by atomic mass is 35.5. The topological polar surface area (TPSA) is 63.2 Å². The van der Waals surface area contributed by atoms with Crippen LogP contribution in [0.4, 0.5) is 0 Å². The predicted molar refractivity (Wildman–Crippen MR) is 71.0 cm³/mol. The third-order valence-corrected chi connectivity index (χ3v) is 2.94. The molecule has 1 aromatic rings. The van der Waals surface area contributed by atoms with E-state index in [4.69, 9.17) is 23.2 Å². The van der Waals surface area contributed by atoms with Gasteiger partial charge in [-0.05, 0) is 24.3 Å². The fourth-order valence-corrected chi connectivity index (χ4v) is 1.71. The Morgan fingerprint density at radius 2 is 1.58 bits per heavy atom. The maximum atomic E-state index is 11.8. The van der Waals surface area contributed by atoms with Crippen LogP contribution >= 0.6 is 23.2 Å². The molecule has 1 amide bonds. The first-order chi connectivity index (χ1) is 8.97. The number of halogens is 2. The van der Waals surface area contributed by atoms with Crippen molar-refractivity contribution in [2.75, 3.05) is 0 Å². The van der Waals surface area contributed by atoms with Gasteiger partial charge in [-0.25, -0.2) is 0 Å². The Bertz CT molecular complexity index is 630. The average molecular weight is 296 g/mol. The van der Waals surface area contributed by atoms with Gasteiger partial charge in [-0.3, -0.25) is 14.4 Å². The fourth-order valence-electron chi connectivity index (χ4n) is 1.43. The van der Waals surface area contributed by atoms with Gasteiger partial charge >= 0.3 is 0 Å². The zero-order valence-electron chi connectivity index (χ0n) is 9.44. The quantitative estimate of drug-likeness (QED) is 0.851. The first-order valence-electron chi connectivity index (χ1n) is 5.22. The molecule has 4 nitrogen and oxygen atoms in total. The molecular formula is C13H7Cl2NO3. The largest absolute Gasteiger partial charge is 0.319 e. The monoisotopic (exact) mass is 295 g/mol. The van der Waals surface area contributed by atoms with E-state index in [-0.39, 0.29) is 10.7 Å². The second kappa shape index (κ2) is 5.38. The molecule has 1 N–H and O–H groups in total. The zero-order chi connectivity index (χ0) is 14.0. The van der Waals surface area contributed by atoms with Crippen molar-refractivity contribution in [3.63, 3.8) is 0 Å². The summed E-state index contributed by atoms with van der Waals surface area (Å²) in [6, 6.07) is 6.12. The summed E-state index contributed by atoms with van der Waals surface area (Å²) in [5, 5.41) is 2.68. The molecule has 96 valence electrons. The van der Waals surface area contributed by atoms with Crippen LogP contribution in [0.1, 0.15) is 10.4 Å². The van der Waals surface area contributed by atoms with Crippen molar-refractivity contribution in [1.29, 1.82) is 0 Å². The molecule has 0 saturated heterocycles. The Morgan fingerprint density at radius 3 is 2.21 bits per heavy atom. The SMILES string of the molecule is O=C1C=C(NC(=O)c2ccc(Cl)cc2)C(=O)C=C1Cl. The number of carbonyl (C=O) groups is 3. The number of allylic oxidation sites excluding steroid dienone is 3. The van der Waals surface area contributed by atoms with Gasteiger partial charge < -0.3 is 5.32 Å². The van der Waals surface area contributed by atoms with Crippen LogP contribution in [0.25, 0.3) is 0 Å². The van der Waals surface area contributed by atoms with Crippen LogP contribution in [0, 0.1) is 0 Å². The fraction of sp³-hybridized carbons (Fsp3) is 0. The Hall–Kier alpha value is -1.91. The summed E-state index contributed by atoms with van der Waals surface area (Å²) in [5.41, 5.74) is 0.223. The number of nitrogens with one attached hydrogen (secondary N) is 1. The Morgan fingerprint density at radius 1 is 0.947 bits per heavy atom. The van der Waals surface area contributed by atoms with E-state index in [9.17, 15) is 14.4 Å². The van der Waals surface area contributed by atoms with E-state index in [0.29, 0.717) is 10.6 Å². The highest BCUT2D eigenvalue weighted by Crippen LogP contribution is 2.14. The standard InChI is InChI=1S/C13H7Cl2NO3/c14-8-3-1-7(2-4-8)13(19)16-10-6-11(17)9(15)5-12(10)18/h1-6H,(H,16,19). The van der Waals surface area contributed by atoms with Crippen LogP contribution in [0.5, 0.6) is 0 Å². The van der Waals surface area contributed by atoms with Crippen molar-refractivity contribution in [3.05, 3.63) is 57.7 Å². The van der Waals surface area contributed by atoms with Gasteiger partial charge in [-0.1, -0.05) is 23.2 Å². The minimum atomic E-state index is -0.521. The lowest BCUT2D eigenvalue weighted by atomic mass is 10.1. The molecule has 0 bridgehead atoms. The zero-order valence-corrected chi connectivity index (χ0v) is 11.0. The van der Waals surface area contributed by atoms with E-state index in [2.05, 4.69) is 5.32 Å². The average Bonchev–Trinajstić information content (AvgIpc) is 2.36. The number of amides is 1. The number of benzene rings is 1. The van der Waals surface area contributed by atoms with E-state index in [1.165, 1.54) is 12.1 Å². The molecule has 0 spiro atoms. The minimum Gasteiger partial charge on any atom is -0.319 e. The van der Waals surface area contributed by atoms with E-state index in [0.717, 1.165) is 12.2 Å². The molecule has 0 fully saturated rings. The molecular weight excluding hydrogens is 289 g/mol. The highest BCUT2D eigenvalue weighted by Gasteiger charge is 2.20. The van der Waals surface area contributed by atoms with Crippen LogP contribution in [-0.4, -0.2) is 17.5 Å². The van der Waals surface area contributed by atoms with Gasteiger partial charge in [0.1, 0.15) is 0 Å². The third-order valence-electron chi connectivity index (χ3n) is 2.39. The van der Waals surface area contributed by atoms with Crippen LogP contribution in [0.2, 0.25) is 5.02 Å². The Kier molecular flexibility index (Phi) is 3.83. The minimum absolute atomic E-state index is 0.102. The molecule has 1 aliphatic rings. The number of hydrogen-bond acceptors (Lipinski definition) is 3. The second-order valence-corrected chi connectivity index (χ2v) is 4.58. The summed E-state index contributed by atoms with van der Waals surface area (Å²) < 4.78 is 0.